The highest BCUT2D eigenvalue weighted by Gasteiger charge is 2.19. The van der Waals surface area contributed by atoms with Gasteiger partial charge in [0.15, 0.2) is 5.69 Å². The van der Waals surface area contributed by atoms with E-state index < -0.39 is 11.9 Å². The number of nitrogens with one attached hydrogen (secondary N) is 2. The minimum absolute atomic E-state index is 0.0567. The number of aromatic carboxylic acids is 1. The summed E-state index contributed by atoms with van der Waals surface area (Å²) in [6.07, 6.45) is 1.36. The van der Waals surface area contributed by atoms with Crippen molar-refractivity contribution in [2.75, 3.05) is 5.32 Å². The summed E-state index contributed by atoms with van der Waals surface area (Å²) in [5, 5.41) is 27.6. The van der Waals surface area contributed by atoms with Crippen LogP contribution in [0.15, 0.2) is 59.3 Å². The second-order valence-corrected chi connectivity index (χ2v) is 5.91. The number of hydrogen-bond acceptors (Lipinski definition) is 6. The van der Waals surface area contributed by atoms with Gasteiger partial charge in [0.2, 0.25) is 0 Å². The van der Waals surface area contributed by atoms with Crippen molar-refractivity contribution in [3.05, 3.63) is 82.7 Å². The van der Waals surface area contributed by atoms with Gasteiger partial charge in [-0.3, -0.25) is 4.79 Å². The van der Waals surface area contributed by atoms with E-state index >= 15 is 0 Å². The number of aromatic nitrogens is 1. The van der Waals surface area contributed by atoms with E-state index in [2.05, 4.69) is 15.8 Å². The topological polar surface area (TPSA) is 128 Å². The number of benzene rings is 2. The largest absolute Gasteiger partial charge is 0.478 e. The Hall–Kier alpha value is -3.96. The molecule has 0 saturated heterocycles. The maximum atomic E-state index is 12.5. The van der Waals surface area contributed by atoms with Gasteiger partial charge in [0.05, 0.1) is 22.9 Å². The molecule has 28 heavy (non-hydrogen) atoms. The van der Waals surface area contributed by atoms with Crippen molar-refractivity contribution in [1.29, 1.82) is 5.26 Å². The fourth-order valence-corrected chi connectivity index (χ4v) is 2.59. The molecule has 0 saturated carbocycles. The van der Waals surface area contributed by atoms with Crippen molar-refractivity contribution in [2.45, 2.75) is 13.1 Å². The highest BCUT2D eigenvalue weighted by Crippen LogP contribution is 2.19. The van der Waals surface area contributed by atoms with Crippen LogP contribution in [-0.2, 0) is 13.1 Å². The van der Waals surface area contributed by atoms with Gasteiger partial charge in [0.1, 0.15) is 6.26 Å². The third-order valence-corrected chi connectivity index (χ3v) is 3.97. The van der Waals surface area contributed by atoms with Gasteiger partial charge in [-0.05, 0) is 23.8 Å². The zero-order valence-electron chi connectivity index (χ0n) is 14.7. The maximum Gasteiger partial charge on any atom is 0.337 e. The molecule has 0 atom stereocenters. The molecule has 140 valence electrons. The number of rotatable bonds is 7. The average molecular weight is 376 g/mol. The Morgan fingerprint density at radius 3 is 2.64 bits per heavy atom. The van der Waals surface area contributed by atoms with Crippen molar-refractivity contribution in [3.8, 4) is 6.07 Å². The minimum Gasteiger partial charge on any atom is -0.478 e. The van der Waals surface area contributed by atoms with Crippen LogP contribution in [0.4, 0.5) is 5.69 Å². The Balaban J connectivity index is 1.70. The summed E-state index contributed by atoms with van der Waals surface area (Å²) in [5.74, 6) is -1.85. The molecule has 1 aromatic heterocycles. The lowest BCUT2D eigenvalue weighted by Crippen LogP contribution is -2.19. The standard InChI is InChI=1S/C20H16N4O4/c21-9-14-6-7-17(16(8-14)20(26)27)23-19(25)18-15(12-28-24-18)11-22-10-13-4-2-1-3-5-13/h1-8,12,22H,10-11H2,(H,23,25)(H,26,27). The first-order chi connectivity index (χ1) is 13.6. The molecule has 3 aromatic rings. The lowest BCUT2D eigenvalue weighted by molar-refractivity contribution is 0.0698. The second kappa shape index (κ2) is 8.62. The Kier molecular flexibility index (Phi) is 5.79. The van der Waals surface area contributed by atoms with Crippen LogP contribution in [-0.4, -0.2) is 22.1 Å². The number of hydrogen-bond donors (Lipinski definition) is 3. The number of anilines is 1. The molecule has 0 fully saturated rings. The molecule has 0 radical (unpaired) electrons. The Morgan fingerprint density at radius 1 is 1.14 bits per heavy atom. The van der Waals surface area contributed by atoms with Gasteiger partial charge in [-0.25, -0.2) is 4.79 Å². The van der Waals surface area contributed by atoms with E-state index in [1.807, 2.05) is 36.4 Å². The zero-order valence-corrected chi connectivity index (χ0v) is 14.7. The van der Waals surface area contributed by atoms with Crippen LogP contribution in [0.5, 0.6) is 0 Å². The van der Waals surface area contributed by atoms with Gasteiger partial charge < -0.3 is 20.3 Å². The minimum atomic E-state index is -1.25. The highest BCUT2D eigenvalue weighted by molar-refractivity contribution is 6.07. The molecule has 2 aromatic carbocycles. The molecule has 8 nitrogen and oxygen atoms in total. The molecule has 1 amide bonds. The number of nitriles is 1. The van der Waals surface area contributed by atoms with Crippen molar-refractivity contribution in [2.24, 2.45) is 0 Å². The molecule has 0 aliphatic heterocycles. The molecule has 8 heteroatoms. The smallest absolute Gasteiger partial charge is 0.337 e. The lowest BCUT2D eigenvalue weighted by atomic mass is 10.1. The molecule has 1 heterocycles. The van der Waals surface area contributed by atoms with Crippen LogP contribution < -0.4 is 10.6 Å². The summed E-state index contributed by atoms with van der Waals surface area (Å²) < 4.78 is 4.91. The first-order valence-corrected chi connectivity index (χ1v) is 8.35. The van der Waals surface area contributed by atoms with Gasteiger partial charge in [-0.2, -0.15) is 5.26 Å². The van der Waals surface area contributed by atoms with E-state index in [-0.39, 0.29) is 22.5 Å². The monoisotopic (exact) mass is 376 g/mol. The first-order valence-electron chi connectivity index (χ1n) is 8.35. The van der Waals surface area contributed by atoms with E-state index in [9.17, 15) is 14.7 Å². The third kappa shape index (κ3) is 4.41. The number of carbonyl (C=O) groups excluding carboxylic acids is 1. The van der Waals surface area contributed by atoms with Gasteiger partial charge in [0, 0.05) is 18.7 Å². The Morgan fingerprint density at radius 2 is 1.93 bits per heavy atom. The molecule has 0 unspecified atom stereocenters. The van der Waals surface area contributed by atoms with E-state index in [4.69, 9.17) is 9.78 Å². The Bertz CT molecular complexity index is 1040. The summed E-state index contributed by atoms with van der Waals surface area (Å²) in [5.41, 5.74) is 1.76. The molecule has 3 rings (SSSR count). The van der Waals surface area contributed by atoms with Crippen molar-refractivity contribution in [1.82, 2.24) is 10.5 Å². The molecule has 0 aliphatic rings. The SMILES string of the molecule is N#Cc1ccc(NC(=O)c2nocc2CNCc2ccccc2)c(C(=O)O)c1. The van der Waals surface area contributed by atoms with Crippen LogP contribution >= 0.6 is 0 Å². The molecule has 3 N–H and O–H groups in total. The Labute approximate surface area is 160 Å². The van der Waals surface area contributed by atoms with E-state index in [0.29, 0.717) is 18.7 Å². The van der Waals surface area contributed by atoms with Crippen LogP contribution in [0.1, 0.15) is 37.5 Å². The predicted octanol–water partition coefficient (Wildman–Crippen LogP) is 2.79. The number of carbonyl (C=O) groups is 2. The van der Waals surface area contributed by atoms with Crippen LogP contribution in [0.2, 0.25) is 0 Å². The van der Waals surface area contributed by atoms with Crippen molar-refractivity contribution < 1.29 is 19.2 Å². The number of amides is 1. The van der Waals surface area contributed by atoms with E-state index in [0.717, 1.165) is 5.56 Å². The molecular weight excluding hydrogens is 360 g/mol. The number of carboxylic acids is 1. The fraction of sp³-hybridized carbons (Fsp3) is 0.100. The quantitative estimate of drug-likeness (QED) is 0.578. The van der Waals surface area contributed by atoms with Crippen LogP contribution in [0.25, 0.3) is 0 Å². The predicted molar refractivity (Wildman–Crippen MR) is 99.6 cm³/mol. The highest BCUT2D eigenvalue weighted by atomic mass is 16.5. The van der Waals surface area contributed by atoms with E-state index in [1.54, 1.807) is 0 Å². The maximum absolute atomic E-state index is 12.5. The number of carboxylic acid groups (broad SMARTS) is 1. The van der Waals surface area contributed by atoms with Gasteiger partial charge >= 0.3 is 5.97 Å². The van der Waals surface area contributed by atoms with Crippen LogP contribution in [0.3, 0.4) is 0 Å². The van der Waals surface area contributed by atoms with Crippen molar-refractivity contribution >= 4 is 17.6 Å². The molecule has 0 bridgehead atoms. The molecule has 0 spiro atoms. The summed E-state index contributed by atoms with van der Waals surface area (Å²) in [7, 11) is 0. The fourth-order valence-electron chi connectivity index (χ4n) is 2.59. The van der Waals surface area contributed by atoms with Crippen LogP contribution in [0, 0.1) is 11.3 Å². The lowest BCUT2D eigenvalue weighted by Gasteiger charge is -2.09. The van der Waals surface area contributed by atoms with E-state index in [1.165, 1.54) is 24.5 Å². The van der Waals surface area contributed by atoms with Crippen molar-refractivity contribution in [3.63, 3.8) is 0 Å². The zero-order chi connectivity index (χ0) is 19.9. The molecular formula is C20H16N4O4. The summed E-state index contributed by atoms with van der Waals surface area (Å²) in [4.78, 5) is 23.9. The van der Waals surface area contributed by atoms with Gasteiger partial charge in [-0.1, -0.05) is 35.5 Å². The third-order valence-electron chi connectivity index (χ3n) is 3.97. The molecule has 0 aliphatic carbocycles. The van der Waals surface area contributed by atoms with Gasteiger partial charge in [0.25, 0.3) is 5.91 Å². The summed E-state index contributed by atoms with van der Waals surface area (Å²) in [6, 6.07) is 15.6. The average Bonchev–Trinajstić information content (AvgIpc) is 3.17. The van der Waals surface area contributed by atoms with Gasteiger partial charge in [-0.15, -0.1) is 0 Å². The number of nitrogens with zero attached hydrogens (tertiary/aromatic N) is 2. The summed E-state index contributed by atoms with van der Waals surface area (Å²) in [6.45, 7) is 0.951. The first kappa shape index (κ1) is 18.8. The normalized spacial score (nSPS) is 10.2. The summed E-state index contributed by atoms with van der Waals surface area (Å²) >= 11 is 0. The second-order valence-electron chi connectivity index (χ2n) is 5.91.